The van der Waals surface area contributed by atoms with Gasteiger partial charge >= 0.3 is 0 Å². The monoisotopic (exact) mass is 297 g/mol. The summed E-state index contributed by atoms with van der Waals surface area (Å²) < 4.78 is 0. The number of thiazole rings is 1. The minimum absolute atomic E-state index is 0.146. The molecule has 1 heterocycles. The molecule has 106 valence electrons. The molecule has 0 saturated carbocycles. The first-order valence-electron chi connectivity index (χ1n) is 6.57. The summed E-state index contributed by atoms with van der Waals surface area (Å²) in [6.45, 7) is 0.652. The number of carboxylic acids is 1. The molecular weight excluding hydrogens is 284 g/mol. The number of nitrogens with one attached hydrogen (secondary N) is 1. The van der Waals surface area contributed by atoms with Gasteiger partial charge in [0.1, 0.15) is 0 Å². The molecule has 5 heteroatoms. The highest BCUT2D eigenvalue weighted by molar-refractivity contribution is 7.13. The zero-order valence-corrected chi connectivity index (χ0v) is 12.0. The summed E-state index contributed by atoms with van der Waals surface area (Å²) in [7, 11) is 0. The first-order chi connectivity index (χ1) is 10.2. The largest absolute Gasteiger partial charge is 0.550 e. The van der Waals surface area contributed by atoms with E-state index < -0.39 is 5.97 Å². The zero-order valence-electron chi connectivity index (χ0n) is 11.2. The van der Waals surface area contributed by atoms with Crippen LogP contribution >= 0.6 is 11.3 Å². The van der Waals surface area contributed by atoms with Gasteiger partial charge in [0.2, 0.25) is 0 Å². The summed E-state index contributed by atoms with van der Waals surface area (Å²) in [5.74, 6) is -1.11. The van der Waals surface area contributed by atoms with Crippen molar-refractivity contribution in [2.24, 2.45) is 0 Å². The Balaban J connectivity index is 1.74. The van der Waals surface area contributed by atoms with Gasteiger partial charge in [-0.1, -0.05) is 42.5 Å². The van der Waals surface area contributed by atoms with Crippen LogP contribution in [0.3, 0.4) is 0 Å². The van der Waals surface area contributed by atoms with E-state index in [-0.39, 0.29) is 6.42 Å². The van der Waals surface area contributed by atoms with Gasteiger partial charge in [-0.15, -0.1) is 11.3 Å². The third-order valence-electron chi connectivity index (χ3n) is 3.19. The normalized spacial score (nSPS) is 10.7. The van der Waals surface area contributed by atoms with Crippen molar-refractivity contribution in [2.75, 3.05) is 5.32 Å². The molecule has 0 aliphatic rings. The molecule has 1 N–H and O–H groups in total. The van der Waals surface area contributed by atoms with Gasteiger partial charge in [0.25, 0.3) is 0 Å². The summed E-state index contributed by atoms with van der Waals surface area (Å²) in [6, 6.07) is 14.4. The maximum Gasteiger partial charge on any atom is 0.183 e. The van der Waals surface area contributed by atoms with Gasteiger partial charge in [-0.2, -0.15) is 0 Å². The summed E-state index contributed by atoms with van der Waals surface area (Å²) in [5, 5.41) is 18.6. The molecule has 2 aromatic carbocycles. The van der Waals surface area contributed by atoms with E-state index in [0.717, 1.165) is 5.13 Å². The fourth-order valence-electron chi connectivity index (χ4n) is 2.23. The molecule has 0 radical (unpaired) electrons. The van der Waals surface area contributed by atoms with Crippen LogP contribution < -0.4 is 10.4 Å². The molecule has 3 aromatic rings. The van der Waals surface area contributed by atoms with Gasteiger partial charge in [0.05, 0.1) is 5.69 Å². The van der Waals surface area contributed by atoms with Crippen LogP contribution in [0.15, 0.2) is 47.8 Å². The van der Waals surface area contributed by atoms with Crippen LogP contribution in [0, 0.1) is 0 Å². The molecule has 0 atom stereocenters. The Morgan fingerprint density at radius 2 is 2.00 bits per heavy atom. The van der Waals surface area contributed by atoms with Crippen molar-refractivity contribution >= 4 is 33.2 Å². The number of hydrogen-bond donors (Lipinski definition) is 1. The van der Waals surface area contributed by atoms with Crippen LogP contribution in [0.2, 0.25) is 0 Å². The molecule has 0 fully saturated rings. The fraction of sp³-hybridized carbons (Fsp3) is 0.125. The molecule has 1 aromatic heterocycles. The number of rotatable bonds is 5. The van der Waals surface area contributed by atoms with Crippen LogP contribution in [0.4, 0.5) is 5.13 Å². The molecular formula is C16H13N2O2S-. The Morgan fingerprint density at radius 1 is 1.19 bits per heavy atom. The highest BCUT2D eigenvalue weighted by atomic mass is 32.1. The fourth-order valence-corrected chi connectivity index (χ4v) is 2.94. The number of benzene rings is 2. The summed E-state index contributed by atoms with van der Waals surface area (Å²) in [4.78, 5) is 14.8. The first-order valence-corrected chi connectivity index (χ1v) is 7.45. The van der Waals surface area contributed by atoms with Crippen LogP contribution in [0.5, 0.6) is 0 Å². The van der Waals surface area contributed by atoms with Gasteiger partial charge in [-0.25, -0.2) is 4.98 Å². The van der Waals surface area contributed by atoms with Crippen molar-refractivity contribution in [2.45, 2.75) is 13.0 Å². The highest BCUT2D eigenvalue weighted by Crippen LogP contribution is 2.21. The van der Waals surface area contributed by atoms with Crippen LogP contribution in [0.1, 0.15) is 11.3 Å². The number of fused-ring (bicyclic) bond motifs is 1. The maximum absolute atomic E-state index is 10.5. The topological polar surface area (TPSA) is 65.0 Å². The van der Waals surface area contributed by atoms with Gasteiger partial charge in [-0.05, 0) is 16.3 Å². The minimum atomic E-state index is -1.11. The molecule has 0 spiro atoms. The van der Waals surface area contributed by atoms with Crippen molar-refractivity contribution in [1.29, 1.82) is 0 Å². The van der Waals surface area contributed by atoms with E-state index in [0.29, 0.717) is 12.2 Å². The van der Waals surface area contributed by atoms with E-state index in [2.05, 4.69) is 34.6 Å². The van der Waals surface area contributed by atoms with Gasteiger partial charge in [-0.3, -0.25) is 0 Å². The van der Waals surface area contributed by atoms with Crippen LogP contribution in [0.25, 0.3) is 10.8 Å². The lowest BCUT2D eigenvalue weighted by Gasteiger charge is -2.07. The van der Waals surface area contributed by atoms with Crippen molar-refractivity contribution in [3.8, 4) is 0 Å². The van der Waals surface area contributed by atoms with Crippen LogP contribution in [-0.4, -0.2) is 11.0 Å². The molecule has 4 nitrogen and oxygen atoms in total. The number of carbonyl (C=O) groups is 1. The third kappa shape index (κ3) is 3.20. The van der Waals surface area contributed by atoms with E-state index in [4.69, 9.17) is 0 Å². The number of hydrogen-bond acceptors (Lipinski definition) is 5. The molecule has 0 bridgehead atoms. The number of carbonyl (C=O) groups excluding carboxylic acids is 1. The number of carboxylic acid groups (broad SMARTS) is 1. The smallest absolute Gasteiger partial charge is 0.183 e. The number of nitrogens with zero attached hydrogens (tertiary/aromatic N) is 1. The average Bonchev–Trinajstić information content (AvgIpc) is 2.92. The average molecular weight is 297 g/mol. The van der Waals surface area contributed by atoms with E-state index in [1.165, 1.54) is 27.7 Å². The lowest BCUT2D eigenvalue weighted by atomic mass is 10.0. The van der Waals surface area contributed by atoms with Crippen molar-refractivity contribution in [1.82, 2.24) is 4.98 Å². The molecule has 21 heavy (non-hydrogen) atoms. The molecule has 3 rings (SSSR count). The third-order valence-corrected chi connectivity index (χ3v) is 4.04. The van der Waals surface area contributed by atoms with Crippen LogP contribution in [-0.2, 0) is 17.8 Å². The van der Waals surface area contributed by atoms with E-state index in [9.17, 15) is 9.90 Å². The second-order valence-electron chi connectivity index (χ2n) is 4.68. The predicted octanol–water partition coefficient (Wildman–Crippen LogP) is 2.20. The quantitative estimate of drug-likeness (QED) is 0.784. The van der Waals surface area contributed by atoms with Crippen molar-refractivity contribution < 1.29 is 9.90 Å². The van der Waals surface area contributed by atoms with Crippen molar-refractivity contribution in [3.63, 3.8) is 0 Å². The Bertz CT molecular complexity index is 777. The van der Waals surface area contributed by atoms with Crippen molar-refractivity contribution in [3.05, 3.63) is 59.1 Å². The standard InChI is InChI=1S/C16H14N2O2S/c19-15(20)8-13-10-21-16(18-13)17-9-12-6-3-5-11-4-1-2-7-14(11)12/h1-7,10H,8-9H2,(H,17,18)(H,19,20)/p-1. The zero-order chi connectivity index (χ0) is 14.7. The highest BCUT2D eigenvalue weighted by Gasteiger charge is 2.04. The summed E-state index contributed by atoms with van der Waals surface area (Å²) in [6.07, 6.45) is -0.146. The predicted molar refractivity (Wildman–Crippen MR) is 82.1 cm³/mol. The maximum atomic E-state index is 10.5. The molecule has 0 unspecified atom stereocenters. The van der Waals surface area contributed by atoms with E-state index >= 15 is 0 Å². The Morgan fingerprint density at radius 3 is 2.86 bits per heavy atom. The SMILES string of the molecule is O=C([O-])Cc1csc(NCc2cccc3ccccc23)n1. The van der Waals surface area contributed by atoms with E-state index in [1.54, 1.807) is 5.38 Å². The Kier molecular flexibility index (Phi) is 3.83. The number of anilines is 1. The van der Waals surface area contributed by atoms with Gasteiger partial charge < -0.3 is 15.2 Å². The summed E-state index contributed by atoms with van der Waals surface area (Å²) >= 11 is 1.40. The molecule has 0 amide bonds. The van der Waals surface area contributed by atoms with Gasteiger partial charge in [0, 0.05) is 24.3 Å². The lowest BCUT2D eigenvalue weighted by molar-refractivity contribution is -0.304. The molecule has 0 aliphatic carbocycles. The number of aliphatic carboxylic acids is 1. The lowest BCUT2D eigenvalue weighted by Crippen LogP contribution is -2.24. The molecule has 0 aliphatic heterocycles. The van der Waals surface area contributed by atoms with Gasteiger partial charge in [0.15, 0.2) is 5.13 Å². The Labute approximate surface area is 126 Å². The van der Waals surface area contributed by atoms with E-state index in [1.807, 2.05) is 18.2 Å². The summed E-state index contributed by atoms with van der Waals surface area (Å²) in [5.41, 5.74) is 1.71. The second-order valence-corrected chi connectivity index (χ2v) is 5.54. The first kappa shape index (κ1) is 13.6. The Hall–Kier alpha value is -2.40. The second kappa shape index (κ2) is 5.93. The minimum Gasteiger partial charge on any atom is -0.550 e. The number of aromatic nitrogens is 1. The molecule has 0 saturated heterocycles.